The fourth-order valence-corrected chi connectivity index (χ4v) is 1.65. The molecule has 1 aromatic rings. The van der Waals surface area contributed by atoms with Gasteiger partial charge in [-0.2, -0.15) is 0 Å². The smallest absolute Gasteiger partial charge is 0.246 e. The normalized spacial score (nSPS) is 15.6. The molecule has 5 heteroatoms. The molecule has 0 spiro atoms. The van der Waals surface area contributed by atoms with Gasteiger partial charge in [0, 0.05) is 25.3 Å². The minimum absolute atomic E-state index is 0.458. The molecular weight excluding hydrogens is 206 g/mol. The molecule has 0 aliphatic carbocycles. The standard InChI is InChI=1S/C11H13N3O2/c1-11(2)15-9-4-3-8(5-6-13-14-12)7-10(9)16-11/h3-4,7H,5-6H2,1-2H3. The summed E-state index contributed by atoms with van der Waals surface area (Å²) in [6.07, 6.45) is 0.709. The van der Waals surface area contributed by atoms with E-state index in [2.05, 4.69) is 10.0 Å². The Labute approximate surface area is 93.6 Å². The van der Waals surface area contributed by atoms with Crippen molar-refractivity contribution < 1.29 is 9.47 Å². The zero-order chi connectivity index (χ0) is 11.6. The van der Waals surface area contributed by atoms with Gasteiger partial charge < -0.3 is 9.47 Å². The lowest BCUT2D eigenvalue weighted by molar-refractivity contribution is -0.0431. The van der Waals surface area contributed by atoms with Gasteiger partial charge in [-0.25, -0.2) is 0 Å². The van der Waals surface area contributed by atoms with Gasteiger partial charge >= 0.3 is 0 Å². The number of benzene rings is 1. The Hall–Kier alpha value is -1.87. The van der Waals surface area contributed by atoms with Crippen LogP contribution in [0.2, 0.25) is 0 Å². The molecule has 1 aromatic carbocycles. The molecule has 84 valence electrons. The Balaban J connectivity index is 2.13. The van der Waals surface area contributed by atoms with E-state index in [0.29, 0.717) is 13.0 Å². The summed E-state index contributed by atoms with van der Waals surface area (Å²) in [5.74, 6) is 0.923. The van der Waals surface area contributed by atoms with Crippen LogP contribution in [0.5, 0.6) is 11.5 Å². The van der Waals surface area contributed by atoms with E-state index >= 15 is 0 Å². The minimum Gasteiger partial charge on any atom is -0.449 e. The molecule has 16 heavy (non-hydrogen) atoms. The number of ether oxygens (including phenoxy) is 2. The van der Waals surface area contributed by atoms with E-state index in [1.54, 1.807) is 0 Å². The van der Waals surface area contributed by atoms with Crippen LogP contribution in [-0.2, 0) is 6.42 Å². The van der Waals surface area contributed by atoms with Crippen LogP contribution in [0.1, 0.15) is 19.4 Å². The van der Waals surface area contributed by atoms with E-state index in [9.17, 15) is 0 Å². The van der Waals surface area contributed by atoms with Crippen molar-refractivity contribution in [1.82, 2.24) is 0 Å². The number of azide groups is 1. The van der Waals surface area contributed by atoms with Gasteiger partial charge in [-0.15, -0.1) is 0 Å². The second-order valence-electron chi connectivity index (χ2n) is 4.09. The number of rotatable bonds is 3. The Morgan fingerprint density at radius 2 is 2.06 bits per heavy atom. The quantitative estimate of drug-likeness (QED) is 0.445. The fraction of sp³-hybridized carbons (Fsp3) is 0.455. The van der Waals surface area contributed by atoms with Crippen LogP contribution < -0.4 is 9.47 Å². The van der Waals surface area contributed by atoms with E-state index in [1.165, 1.54) is 0 Å². The van der Waals surface area contributed by atoms with Crippen LogP contribution in [0.3, 0.4) is 0 Å². The SMILES string of the molecule is CC1(C)Oc2ccc(CCN=[N+]=[N-])cc2O1. The number of fused-ring (bicyclic) bond motifs is 1. The van der Waals surface area contributed by atoms with Gasteiger partial charge in [0.2, 0.25) is 5.79 Å². The molecule has 0 bridgehead atoms. The predicted octanol–water partition coefficient (Wildman–Crippen LogP) is 3.05. The van der Waals surface area contributed by atoms with Crippen molar-refractivity contribution in [2.75, 3.05) is 6.54 Å². The highest BCUT2D eigenvalue weighted by Gasteiger charge is 2.31. The maximum Gasteiger partial charge on any atom is 0.246 e. The molecule has 2 rings (SSSR count). The van der Waals surface area contributed by atoms with Crippen molar-refractivity contribution in [1.29, 1.82) is 0 Å². The molecule has 0 atom stereocenters. The first kappa shape index (κ1) is 10.6. The van der Waals surface area contributed by atoms with E-state index in [1.807, 2.05) is 32.0 Å². The van der Waals surface area contributed by atoms with Gasteiger partial charge in [-0.3, -0.25) is 0 Å². The van der Waals surface area contributed by atoms with Gasteiger partial charge in [0.15, 0.2) is 11.5 Å². The summed E-state index contributed by atoms with van der Waals surface area (Å²) >= 11 is 0. The molecule has 0 saturated heterocycles. The van der Waals surface area contributed by atoms with Crippen molar-refractivity contribution in [2.24, 2.45) is 5.11 Å². The minimum atomic E-state index is -0.592. The van der Waals surface area contributed by atoms with Gasteiger partial charge in [0.05, 0.1) is 0 Å². The third-order valence-electron chi connectivity index (χ3n) is 2.28. The van der Waals surface area contributed by atoms with Gasteiger partial charge in [-0.05, 0) is 29.6 Å². The van der Waals surface area contributed by atoms with Gasteiger partial charge in [-0.1, -0.05) is 11.2 Å². The Morgan fingerprint density at radius 3 is 2.81 bits per heavy atom. The van der Waals surface area contributed by atoms with E-state index in [4.69, 9.17) is 15.0 Å². The number of hydrogen-bond donors (Lipinski definition) is 0. The highest BCUT2D eigenvalue weighted by atomic mass is 16.7. The lowest BCUT2D eigenvalue weighted by Crippen LogP contribution is -2.29. The van der Waals surface area contributed by atoms with Crippen LogP contribution in [-0.4, -0.2) is 12.3 Å². The zero-order valence-electron chi connectivity index (χ0n) is 9.30. The topological polar surface area (TPSA) is 67.2 Å². The van der Waals surface area contributed by atoms with Crippen molar-refractivity contribution in [3.8, 4) is 11.5 Å². The Bertz CT molecular complexity index is 451. The molecule has 0 aromatic heterocycles. The van der Waals surface area contributed by atoms with Crippen molar-refractivity contribution >= 4 is 0 Å². The first-order valence-corrected chi connectivity index (χ1v) is 5.12. The average Bonchev–Trinajstić information content (AvgIpc) is 2.51. The van der Waals surface area contributed by atoms with Crippen molar-refractivity contribution in [2.45, 2.75) is 26.1 Å². The maximum atomic E-state index is 8.18. The molecule has 0 unspecified atom stereocenters. The Morgan fingerprint density at radius 1 is 1.31 bits per heavy atom. The molecule has 0 saturated carbocycles. The predicted molar refractivity (Wildman–Crippen MR) is 59.5 cm³/mol. The second kappa shape index (κ2) is 3.94. The largest absolute Gasteiger partial charge is 0.449 e. The summed E-state index contributed by atoms with van der Waals surface area (Å²) in [7, 11) is 0. The summed E-state index contributed by atoms with van der Waals surface area (Å²) < 4.78 is 11.2. The van der Waals surface area contributed by atoms with E-state index < -0.39 is 5.79 Å². The monoisotopic (exact) mass is 219 g/mol. The van der Waals surface area contributed by atoms with Gasteiger partial charge in [0.25, 0.3) is 0 Å². The lowest BCUT2D eigenvalue weighted by atomic mass is 10.1. The van der Waals surface area contributed by atoms with Crippen LogP contribution in [0.15, 0.2) is 23.3 Å². The average molecular weight is 219 g/mol. The molecule has 1 aliphatic rings. The summed E-state index contributed by atoms with van der Waals surface area (Å²) in [5.41, 5.74) is 9.26. The van der Waals surface area contributed by atoms with Crippen LogP contribution in [0.25, 0.3) is 10.4 Å². The molecule has 5 nitrogen and oxygen atoms in total. The van der Waals surface area contributed by atoms with Gasteiger partial charge in [0.1, 0.15) is 0 Å². The van der Waals surface area contributed by atoms with E-state index in [-0.39, 0.29) is 0 Å². The molecule has 1 aliphatic heterocycles. The van der Waals surface area contributed by atoms with Crippen molar-refractivity contribution in [3.63, 3.8) is 0 Å². The molecule has 0 fully saturated rings. The number of nitrogens with zero attached hydrogens (tertiary/aromatic N) is 3. The lowest BCUT2D eigenvalue weighted by Gasteiger charge is -2.16. The third kappa shape index (κ3) is 2.20. The third-order valence-corrected chi connectivity index (χ3v) is 2.28. The van der Waals surface area contributed by atoms with Crippen molar-refractivity contribution in [3.05, 3.63) is 34.2 Å². The highest BCUT2D eigenvalue weighted by Crippen LogP contribution is 2.39. The molecule has 0 radical (unpaired) electrons. The first-order chi connectivity index (χ1) is 7.61. The molecule has 0 amide bonds. The zero-order valence-corrected chi connectivity index (χ0v) is 9.30. The molecule has 1 heterocycles. The van der Waals surface area contributed by atoms with Crippen LogP contribution >= 0.6 is 0 Å². The fourth-order valence-electron chi connectivity index (χ4n) is 1.65. The highest BCUT2D eigenvalue weighted by molar-refractivity contribution is 5.45. The van der Waals surface area contributed by atoms with E-state index in [0.717, 1.165) is 17.1 Å². The molecular formula is C11H13N3O2. The van der Waals surface area contributed by atoms with Crippen LogP contribution in [0.4, 0.5) is 0 Å². The molecule has 0 N–H and O–H groups in total. The first-order valence-electron chi connectivity index (χ1n) is 5.12. The number of hydrogen-bond acceptors (Lipinski definition) is 3. The maximum absolute atomic E-state index is 8.18. The summed E-state index contributed by atoms with van der Waals surface area (Å²) in [6.45, 7) is 4.19. The summed E-state index contributed by atoms with van der Waals surface area (Å²) in [6, 6.07) is 5.77. The summed E-state index contributed by atoms with van der Waals surface area (Å²) in [4.78, 5) is 2.72. The Kier molecular flexibility index (Phi) is 2.62. The summed E-state index contributed by atoms with van der Waals surface area (Å²) in [5, 5.41) is 3.50. The second-order valence-corrected chi connectivity index (χ2v) is 4.09. The van der Waals surface area contributed by atoms with Crippen LogP contribution in [0, 0.1) is 0 Å².